The van der Waals surface area contributed by atoms with E-state index in [2.05, 4.69) is 26.5 Å². The zero-order chi connectivity index (χ0) is 23.9. The molecule has 34 heavy (non-hydrogen) atoms. The van der Waals surface area contributed by atoms with Gasteiger partial charge in [-0.1, -0.05) is 31.2 Å². The van der Waals surface area contributed by atoms with E-state index in [0.717, 1.165) is 46.3 Å². The molecule has 0 saturated heterocycles. The van der Waals surface area contributed by atoms with Gasteiger partial charge in [-0.25, -0.2) is 8.42 Å². The second kappa shape index (κ2) is 8.65. The number of fused-ring (bicyclic) bond motifs is 1. The Bertz CT molecular complexity index is 1500. The maximum Gasteiger partial charge on any atom is 0.232 e. The number of aromatic nitrogens is 3. The SMILES string of the molecule is CCCS(=O)(=O)Nc1ccc(-c2c(C#N)c3ccc(-c4ccnn4C)cc3n2C2CCC2)cc1. The monoisotopic (exact) mass is 473 g/mol. The molecule has 1 aliphatic rings. The molecule has 7 nitrogen and oxygen atoms in total. The highest BCUT2D eigenvalue weighted by Crippen LogP contribution is 2.43. The van der Waals surface area contributed by atoms with Crippen LogP contribution in [0.5, 0.6) is 0 Å². The number of hydrogen-bond acceptors (Lipinski definition) is 4. The van der Waals surface area contributed by atoms with Gasteiger partial charge in [0.05, 0.1) is 28.2 Å². The van der Waals surface area contributed by atoms with E-state index in [-0.39, 0.29) is 5.75 Å². The number of nitrogens with one attached hydrogen (secondary N) is 1. The Hall–Kier alpha value is -3.57. The van der Waals surface area contributed by atoms with E-state index in [0.29, 0.717) is 23.7 Å². The van der Waals surface area contributed by atoms with Crippen LogP contribution in [-0.2, 0) is 17.1 Å². The standard InChI is InChI=1S/C26H27N5O2S/c1-3-15-34(32,33)29-20-10-7-18(8-11-20)26-23(17-27)22-12-9-19(24-13-14-28-30(24)2)16-25(22)31(26)21-5-4-6-21/h7-14,16,21,29H,3-6,15H2,1-2H3. The summed E-state index contributed by atoms with van der Waals surface area (Å²) in [4.78, 5) is 0. The van der Waals surface area contributed by atoms with Gasteiger partial charge < -0.3 is 4.57 Å². The zero-order valence-corrected chi connectivity index (χ0v) is 20.1. The Kier molecular flexibility index (Phi) is 5.66. The summed E-state index contributed by atoms with van der Waals surface area (Å²) in [6.45, 7) is 1.84. The summed E-state index contributed by atoms with van der Waals surface area (Å²) in [5.41, 5.74) is 6.10. The van der Waals surface area contributed by atoms with Crippen LogP contribution in [-0.4, -0.2) is 28.5 Å². The van der Waals surface area contributed by atoms with E-state index in [1.807, 2.05) is 49.0 Å². The Morgan fingerprint density at radius 1 is 1.12 bits per heavy atom. The highest BCUT2D eigenvalue weighted by atomic mass is 32.2. The van der Waals surface area contributed by atoms with Gasteiger partial charge in [0.15, 0.2) is 0 Å². The van der Waals surface area contributed by atoms with E-state index in [9.17, 15) is 13.7 Å². The number of nitriles is 1. The number of aryl methyl sites for hydroxylation is 1. The third-order valence-electron chi connectivity index (χ3n) is 6.58. The summed E-state index contributed by atoms with van der Waals surface area (Å²) in [5, 5.41) is 15.4. The third kappa shape index (κ3) is 3.86. The number of rotatable bonds is 7. The van der Waals surface area contributed by atoms with Crippen molar-refractivity contribution < 1.29 is 8.42 Å². The molecule has 0 amide bonds. The van der Waals surface area contributed by atoms with Gasteiger partial charge in [-0.2, -0.15) is 10.4 Å². The molecule has 0 aliphatic heterocycles. The molecule has 1 aliphatic carbocycles. The van der Waals surface area contributed by atoms with Crippen molar-refractivity contribution in [1.29, 1.82) is 5.26 Å². The summed E-state index contributed by atoms with van der Waals surface area (Å²) in [6, 6.07) is 18.3. The molecular formula is C26H27N5O2S. The normalized spacial score (nSPS) is 14.1. The maximum absolute atomic E-state index is 12.2. The number of hydrogen-bond donors (Lipinski definition) is 1. The fraction of sp³-hybridized carbons (Fsp3) is 0.308. The topological polar surface area (TPSA) is 92.7 Å². The predicted molar refractivity (Wildman–Crippen MR) is 135 cm³/mol. The number of anilines is 1. The predicted octanol–water partition coefficient (Wildman–Crippen LogP) is 5.46. The molecule has 2 aromatic carbocycles. The fourth-order valence-corrected chi connectivity index (χ4v) is 5.88. The average molecular weight is 474 g/mol. The first-order valence-electron chi connectivity index (χ1n) is 11.6. The molecule has 2 heterocycles. The van der Waals surface area contributed by atoms with Gasteiger partial charge in [0, 0.05) is 35.9 Å². The lowest BCUT2D eigenvalue weighted by Crippen LogP contribution is -2.18. The molecule has 2 aromatic heterocycles. The number of benzene rings is 2. The van der Waals surface area contributed by atoms with Crippen LogP contribution in [0.3, 0.4) is 0 Å². The van der Waals surface area contributed by atoms with Crippen LogP contribution in [0, 0.1) is 11.3 Å². The van der Waals surface area contributed by atoms with Crippen molar-refractivity contribution in [2.45, 2.75) is 38.6 Å². The van der Waals surface area contributed by atoms with Gasteiger partial charge >= 0.3 is 0 Å². The van der Waals surface area contributed by atoms with Gasteiger partial charge in [0.2, 0.25) is 10.0 Å². The lowest BCUT2D eigenvalue weighted by Gasteiger charge is -2.30. The molecule has 5 rings (SSSR count). The van der Waals surface area contributed by atoms with Crippen LogP contribution in [0.4, 0.5) is 5.69 Å². The van der Waals surface area contributed by atoms with E-state index < -0.39 is 10.0 Å². The number of sulfonamides is 1. The summed E-state index contributed by atoms with van der Waals surface area (Å²) in [7, 11) is -1.43. The lowest BCUT2D eigenvalue weighted by atomic mass is 9.92. The molecule has 4 aromatic rings. The van der Waals surface area contributed by atoms with Crippen molar-refractivity contribution >= 4 is 26.6 Å². The highest BCUT2D eigenvalue weighted by molar-refractivity contribution is 7.92. The van der Waals surface area contributed by atoms with Crippen LogP contribution in [0.25, 0.3) is 33.4 Å². The lowest BCUT2D eigenvalue weighted by molar-refractivity contribution is 0.324. The molecule has 0 atom stereocenters. The minimum Gasteiger partial charge on any atom is -0.336 e. The fourth-order valence-electron chi connectivity index (χ4n) is 4.74. The van der Waals surface area contributed by atoms with Gasteiger partial charge in [-0.3, -0.25) is 9.40 Å². The molecule has 0 bridgehead atoms. The van der Waals surface area contributed by atoms with E-state index in [1.165, 1.54) is 6.42 Å². The van der Waals surface area contributed by atoms with Crippen LogP contribution in [0.1, 0.15) is 44.2 Å². The quantitative estimate of drug-likeness (QED) is 0.386. The molecule has 174 valence electrons. The second-order valence-corrected chi connectivity index (χ2v) is 10.7. The molecule has 1 fully saturated rings. The first-order valence-corrected chi connectivity index (χ1v) is 13.2. The summed E-state index contributed by atoms with van der Waals surface area (Å²) in [6.07, 6.45) is 5.67. The molecule has 1 saturated carbocycles. The maximum atomic E-state index is 12.2. The van der Waals surface area contributed by atoms with Gasteiger partial charge in [-0.05, 0) is 55.5 Å². The van der Waals surface area contributed by atoms with Crippen LogP contribution in [0.2, 0.25) is 0 Å². The largest absolute Gasteiger partial charge is 0.336 e. The average Bonchev–Trinajstić information content (AvgIpc) is 3.34. The summed E-state index contributed by atoms with van der Waals surface area (Å²) in [5.74, 6) is 0.0856. The van der Waals surface area contributed by atoms with E-state index in [1.54, 1.807) is 18.3 Å². The van der Waals surface area contributed by atoms with Crippen LogP contribution < -0.4 is 4.72 Å². The van der Waals surface area contributed by atoms with Gasteiger partial charge in [0.25, 0.3) is 0 Å². The van der Waals surface area contributed by atoms with Crippen molar-refractivity contribution in [1.82, 2.24) is 14.3 Å². The molecule has 0 unspecified atom stereocenters. The Balaban J connectivity index is 1.64. The van der Waals surface area contributed by atoms with Crippen molar-refractivity contribution in [2.75, 3.05) is 10.5 Å². The number of nitrogens with zero attached hydrogens (tertiary/aromatic N) is 4. The zero-order valence-electron chi connectivity index (χ0n) is 19.3. The molecular weight excluding hydrogens is 446 g/mol. The molecule has 1 N–H and O–H groups in total. The van der Waals surface area contributed by atoms with E-state index >= 15 is 0 Å². The third-order valence-corrected chi connectivity index (χ3v) is 8.07. The van der Waals surface area contributed by atoms with Crippen molar-refractivity contribution in [3.05, 3.63) is 60.3 Å². The first kappa shape index (κ1) is 22.2. The van der Waals surface area contributed by atoms with Crippen molar-refractivity contribution in [2.24, 2.45) is 7.05 Å². The van der Waals surface area contributed by atoms with Crippen molar-refractivity contribution in [3.8, 4) is 28.6 Å². The van der Waals surface area contributed by atoms with E-state index in [4.69, 9.17) is 0 Å². The summed E-state index contributed by atoms with van der Waals surface area (Å²) < 4.78 is 31.1. The van der Waals surface area contributed by atoms with Gasteiger partial charge in [0.1, 0.15) is 6.07 Å². The molecule has 0 radical (unpaired) electrons. The minimum absolute atomic E-state index is 0.0856. The second-order valence-electron chi connectivity index (χ2n) is 8.86. The molecule has 0 spiro atoms. The smallest absolute Gasteiger partial charge is 0.232 e. The summed E-state index contributed by atoms with van der Waals surface area (Å²) >= 11 is 0. The van der Waals surface area contributed by atoms with Gasteiger partial charge in [-0.15, -0.1) is 0 Å². The van der Waals surface area contributed by atoms with Crippen LogP contribution >= 0.6 is 0 Å². The Morgan fingerprint density at radius 2 is 1.85 bits per heavy atom. The Morgan fingerprint density at radius 3 is 2.44 bits per heavy atom. The first-order chi connectivity index (χ1) is 16.4. The Labute approximate surface area is 199 Å². The highest BCUT2D eigenvalue weighted by Gasteiger charge is 2.28. The molecule has 8 heteroatoms. The van der Waals surface area contributed by atoms with Crippen molar-refractivity contribution in [3.63, 3.8) is 0 Å². The van der Waals surface area contributed by atoms with Crippen LogP contribution in [0.15, 0.2) is 54.7 Å². The minimum atomic E-state index is -3.36.